The Morgan fingerprint density at radius 2 is 2.08 bits per heavy atom. The van der Waals surface area contributed by atoms with Crippen LogP contribution in [0.3, 0.4) is 0 Å². The standard InChI is InChI=1S/C20H25N3O2S/c1-2-15-7-3-4-10-18(15)22-19(24)16-8-5-11-23(14-16)20(25)21-13-17-9-6-12-26-17/h3-4,6-7,9-10,12,16H,2,5,8,11,13-14H2,1H3,(H,21,25)(H,22,24). The van der Waals surface area contributed by atoms with Gasteiger partial charge in [-0.1, -0.05) is 31.2 Å². The van der Waals surface area contributed by atoms with Gasteiger partial charge in [0, 0.05) is 23.7 Å². The molecule has 5 nitrogen and oxygen atoms in total. The third-order valence-electron chi connectivity index (χ3n) is 4.73. The van der Waals surface area contributed by atoms with E-state index in [0.29, 0.717) is 19.6 Å². The number of benzene rings is 1. The van der Waals surface area contributed by atoms with Crippen molar-refractivity contribution in [1.82, 2.24) is 10.2 Å². The lowest BCUT2D eigenvalue weighted by Gasteiger charge is -2.32. The molecule has 0 spiro atoms. The number of aryl methyl sites for hydroxylation is 1. The summed E-state index contributed by atoms with van der Waals surface area (Å²) in [5, 5.41) is 7.99. The van der Waals surface area contributed by atoms with E-state index in [4.69, 9.17) is 0 Å². The Labute approximate surface area is 158 Å². The predicted molar refractivity (Wildman–Crippen MR) is 105 cm³/mol. The van der Waals surface area contributed by atoms with Gasteiger partial charge in [-0.15, -0.1) is 11.3 Å². The first kappa shape index (κ1) is 18.5. The van der Waals surface area contributed by atoms with Crippen LogP contribution in [-0.4, -0.2) is 29.9 Å². The van der Waals surface area contributed by atoms with Crippen LogP contribution < -0.4 is 10.6 Å². The highest BCUT2D eigenvalue weighted by Crippen LogP contribution is 2.21. The summed E-state index contributed by atoms with van der Waals surface area (Å²) in [6.07, 6.45) is 2.53. The quantitative estimate of drug-likeness (QED) is 0.838. The first-order valence-corrected chi connectivity index (χ1v) is 9.99. The third-order valence-corrected chi connectivity index (χ3v) is 5.61. The van der Waals surface area contributed by atoms with E-state index in [0.717, 1.165) is 35.4 Å². The maximum atomic E-state index is 12.7. The Kier molecular flexibility index (Phi) is 6.28. The summed E-state index contributed by atoms with van der Waals surface area (Å²) in [5.41, 5.74) is 2.00. The zero-order valence-corrected chi connectivity index (χ0v) is 15.8. The first-order valence-electron chi connectivity index (χ1n) is 9.11. The van der Waals surface area contributed by atoms with Gasteiger partial charge in [-0.05, 0) is 42.3 Å². The second-order valence-electron chi connectivity index (χ2n) is 6.52. The van der Waals surface area contributed by atoms with Crippen LogP contribution in [0.15, 0.2) is 41.8 Å². The lowest BCUT2D eigenvalue weighted by atomic mass is 9.97. The van der Waals surface area contributed by atoms with Crippen LogP contribution in [0, 0.1) is 5.92 Å². The van der Waals surface area contributed by atoms with Gasteiger partial charge in [-0.3, -0.25) is 4.79 Å². The zero-order chi connectivity index (χ0) is 18.4. The molecule has 0 saturated carbocycles. The van der Waals surface area contributed by atoms with Crippen molar-refractivity contribution in [3.8, 4) is 0 Å². The van der Waals surface area contributed by atoms with Crippen LogP contribution in [0.1, 0.15) is 30.2 Å². The maximum Gasteiger partial charge on any atom is 0.317 e. The maximum absolute atomic E-state index is 12.7. The van der Waals surface area contributed by atoms with Crippen LogP contribution in [0.2, 0.25) is 0 Å². The van der Waals surface area contributed by atoms with Crippen LogP contribution >= 0.6 is 11.3 Å². The lowest BCUT2D eigenvalue weighted by Crippen LogP contribution is -2.47. The third kappa shape index (κ3) is 4.64. The van der Waals surface area contributed by atoms with Crippen molar-refractivity contribution in [3.63, 3.8) is 0 Å². The zero-order valence-electron chi connectivity index (χ0n) is 15.0. The number of amides is 3. The van der Waals surface area contributed by atoms with Crippen molar-refractivity contribution in [2.45, 2.75) is 32.7 Å². The van der Waals surface area contributed by atoms with Gasteiger partial charge < -0.3 is 15.5 Å². The molecule has 1 aliphatic heterocycles. The van der Waals surface area contributed by atoms with E-state index in [1.54, 1.807) is 16.2 Å². The molecule has 3 amide bonds. The minimum absolute atomic E-state index is 0.00153. The summed E-state index contributed by atoms with van der Waals surface area (Å²) in [5.74, 6) is -0.164. The van der Waals surface area contributed by atoms with Crippen molar-refractivity contribution >= 4 is 29.0 Å². The number of nitrogens with one attached hydrogen (secondary N) is 2. The van der Waals surface area contributed by atoms with Gasteiger partial charge in [-0.2, -0.15) is 0 Å². The number of para-hydroxylation sites is 1. The summed E-state index contributed by atoms with van der Waals surface area (Å²) < 4.78 is 0. The van der Waals surface area contributed by atoms with Crippen molar-refractivity contribution in [1.29, 1.82) is 0 Å². The summed E-state index contributed by atoms with van der Waals surface area (Å²) in [4.78, 5) is 28.0. The van der Waals surface area contributed by atoms with Gasteiger partial charge in [0.25, 0.3) is 0 Å². The van der Waals surface area contributed by atoms with Gasteiger partial charge in [0.15, 0.2) is 0 Å². The molecule has 1 aliphatic rings. The molecule has 3 rings (SSSR count). The number of anilines is 1. The number of carbonyl (C=O) groups excluding carboxylic acids is 2. The van der Waals surface area contributed by atoms with Crippen molar-refractivity contribution in [2.24, 2.45) is 5.92 Å². The number of thiophene rings is 1. The number of rotatable bonds is 5. The molecule has 26 heavy (non-hydrogen) atoms. The highest BCUT2D eigenvalue weighted by atomic mass is 32.1. The van der Waals surface area contributed by atoms with E-state index in [1.807, 2.05) is 41.8 Å². The Morgan fingerprint density at radius 1 is 1.23 bits per heavy atom. The summed E-state index contributed by atoms with van der Waals surface area (Å²) >= 11 is 1.62. The minimum Gasteiger partial charge on any atom is -0.333 e. The molecule has 1 atom stereocenters. The number of likely N-dealkylation sites (tertiary alicyclic amines) is 1. The fraction of sp³-hybridized carbons (Fsp3) is 0.400. The number of nitrogens with zero attached hydrogens (tertiary/aromatic N) is 1. The fourth-order valence-electron chi connectivity index (χ4n) is 3.25. The summed E-state index contributed by atoms with van der Waals surface area (Å²) in [6, 6.07) is 11.8. The molecule has 6 heteroatoms. The molecule has 0 radical (unpaired) electrons. The van der Waals surface area contributed by atoms with Crippen molar-refractivity contribution in [2.75, 3.05) is 18.4 Å². The van der Waals surface area contributed by atoms with Crippen LogP contribution in [0.4, 0.5) is 10.5 Å². The smallest absolute Gasteiger partial charge is 0.317 e. The van der Waals surface area contributed by atoms with Crippen LogP contribution in [0.25, 0.3) is 0 Å². The van der Waals surface area contributed by atoms with E-state index < -0.39 is 0 Å². The van der Waals surface area contributed by atoms with Crippen LogP contribution in [0.5, 0.6) is 0 Å². The molecular formula is C20H25N3O2S. The first-order chi connectivity index (χ1) is 12.7. The largest absolute Gasteiger partial charge is 0.333 e. The molecule has 1 unspecified atom stereocenters. The molecule has 2 aromatic rings. The average Bonchev–Trinajstić information content (AvgIpc) is 3.20. The van der Waals surface area contributed by atoms with Gasteiger partial charge in [-0.25, -0.2) is 4.79 Å². The molecule has 2 heterocycles. The molecule has 1 fully saturated rings. The lowest BCUT2D eigenvalue weighted by molar-refractivity contribution is -0.121. The molecule has 2 N–H and O–H groups in total. The average molecular weight is 372 g/mol. The SMILES string of the molecule is CCc1ccccc1NC(=O)C1CCCN(C(=O)NCc2cccs2)C1. The highest BCUT2D eigenvalue weighted by Gasteiger charge is 2.28. The minimum atomic E-state index is -0.166. The number of hydrogen-bond donors (Lipinski definition) is 2. The second-order valence-corrected chi connectivity index (χ2v) is 7.56. The molecule has 1 aromatic carbocycles. The van der Waals surface area contributed by atoms with E-state index in [1.165, 1.54) is 0 Å². The van der Waals surface area contributed by atoms with E-state index >= 15 is 0 Å². The number of piperidine rings is 1. The molecular weight excluding hydrogens is 346 g/mol. The summed E-state index contributed by atoms with van der Waals surface area (Å²) in [7, 11) is 0. The molecule has 1 saturated heterocycles. The molecule has 0 aliphatic carbocycles. The van der Waals surface area contributed by atoms with E-state index in [2.05, 4.69) is 17.6 Å². The van der Waals surface area contributed by atoms with Crippen molar-refractivity contribution < 1.29 is 9.59 Å². The van der Waals surface area contributed by atoms with Crippen molar-refractivity contribution in [3.05, 3.63) is 52.2 Å². The van der Waals surface area contributed by atoms with Gasteiger partial charge in [0.2, 0.25) is 5.91 Å². The van der Waals surface area contributed by atoms with E-state index in [9.17, 15) is 9.59 Å². The molecule has 1 aromatic heterocycles. The Morgan fingerprint density at radius 3 is 2.85 bits per heavy atom. The molecule has 138 valence electrons. The van der Waals surface area contributed by atoms with Crippen LogP contribution in [-0.2, 0) is 17.8 Å². The predicted octanol–water partition coefficient (Wildman–Crippen LogP) is 3.87. The van der Waals surface area contributed by atoms with Gasteiger partial charge in [0.1, 0.15) is 0 Å². The van der Waals surface area contributed by atoms with Gasteiger partial charge >= 0.3 is 6.03 Å². The monoisotopic (exact) mass is 371 g/mol. The Balaban J connectivity index is 1.55. The Hall–Kier alpha value is -2.34. The fourth-order valence-corrected chi connectivity index (χ4v) is 3.89. The highest BCUT2D eigenvalue weighted by molar-refractivity contribution is 7.09. The molecule has 0 bridgehead atoms. The summed E-state index contributed by atoms with van der Waals surface area (Å²) in [6.45, 7) is 3.78. The number of urea groups is 1. The number of carbonyl (C=O) groups is 2. The van der Waals surface area contributed by atoms with Gasteiger partial charge in [0.05, 0.1) is 12.5 Å². The number of hydrogen-bond acceptors (Lipinski definition) is 3. The normalized spacial score (nSPS) is 17.0. The topological polar surface area (TPSA) is 61.4 Å². The Bertz CT molecular complexity index is 745. The van der Waals surface area contributed by atoms with E-state index in [-0.39, 0.29) is 17.9 Å². The second kappa shape index (κ2) is 8.85.